The Balaban J connectivity index is 1.98. The van der Waals surface area contributed by atoms with E-state index in [4.69, 9.17) is 4.74 Å². The van der Waals surface area contributed by atoms with Gasteiger partial charge >= 0.3 is 0 Å². The first-order chi connectivity index (χ1) is 9.75. The maximum absolute atomic E-state index is 10.5. The predicted octanol–water partition coefficient (Wildman–Crippen LogP) is 3.13. The average Bonchev–Trinajstić information content (AvgIpc) is 2.36. The van der Waals surface area contributed by atoms with Crippen LogP contribution in [0.25, 0.3) is 0 Å². The van der Waals surface area contributed by atoms with Crippen LogP contribution >= 0.6 is 0 Å². The van der Waals surface area contributed by atoms with Gasteiger partial charge in [-0.2, -0.15) is 0 Å². The fourth-order valence-electron chi connectivity index (χ4n) is 2.99. The van der Waals surface area contributed by atoms with E-state index in [-0.39, 0.29) is 17.6 Å². The molecule has 0 amide bonds. The topological polar surface area (TPSA) is 32.7 Å². The molecule has 1 aromatic rings. The van der Waals surface area contributed by atoms with E-state index in [1.807, 2.05) is 0 Å². The van der Waals surface area contributed by atoms with Crippen molar-refractivity contribution in [3.8, 4) is 0 Å². The van der Waals surface area contributed by atoms with Crippen molar-refractivity contribution in [2.75, 3.05) is 19.6 Å². The second-order valence-electron chi connectivity index (χ2n) is 7.36. The number of morpholine rings is 1. The van der Waals surface area contributed by atoms with Crippen LogP contribution < -0.4 is 0 Å². The number of aliphatic hydroxyl groups is 1. The molecule has 0 bridgehead atoms. The van der Waals surface area contributed by atoms with Crippen LogP contribution in [0.4, 0.5) is 0 Å². The first-order valence-corrected chi connectivity index (χ1v) is 7.92. The van der Waals surface area contributed by atoms with Crippen molar-refractivity contribution < 1.29 is 9.84 Å². The first-order valence-electron chi connectivity index (χ1n) is 7.92. The summed E-state index contributed by atoms with van der Waals surface area (Å²) in [7, 11) is 0. The highest BCUT2D eigenvalue weighted by molar-refractivity contribution is 5.28. The normalized spacial score (nSPS) is 25.8. The molecular weight excluding hydrogens is 262 g/mol. The number of aliphatic hydroxyl groups excluding tert-OH is 1. The van der Waals surface area contributed by atoms with E-state index in [0.717, 1.165) is 18.7 Å². The number of β-amino-alcohol motifs (C(OH)–C–C–N with tert-alkyl or cyclic N) is 1. The molecule has 2 rings (SSSR count). The Bertz CT molecular complexity index is 439. The minimum absolute atomic E-state index is 0.151. The quantitative estimate of drug-likeness (QED) is 0.928. The summed E-state index contributed by atoms with van der Waals surface area (Å²) < 4.78 is 5.73. The minimum Gasteiger partial charge on any atom is -0.387 e. The summed E-state index contributed by atoms with van der Waals surface area (Å²) in [5, 5.41) is 10.5. The lowest BCUT2D eigenvalue weighted by Gasteiger charge is -2.36. The fraction of sp³-hybridized carbons (Fsp3) is 0.667. The number of ether oxygens (including phenoxy) is 1. The standard InChI is InChI=1S/C18H29NO2/c1-13-10-19(11-14(2)21-13)12-17(20)15-6-8-16(9-7-15)18(3,4)5/h6-9,13-14,17,20H,10-12H2,1-5H3/t13-,14+,17?. The van der Waals surface area contributed by atoms with Gasteiger partial charge in [0, 0.05) is 19.6 Å². The second kappa shape index (κ2) is 6.47. The lowest BCUT2D eigenvalue weighted by molar-refractivity contribution is -0.0767. The van der Waals surface area contributed by atoms with Crippen molar-refractivity contribution in [1.82, 2.24) is 4.90 Å². The molecule has 21 heavy (non-hydrogen) atoms. The molecular formula is C18H29NO2. The summed E-state index contributed by atoms with van der Waals surface area (Å²) in [6, 6.07) is 8.36. The van der Waals surface area contributed by atoms with E-state index in [1.165, 1.54) is 5.56 Å². The molecule has 1 unspecified atom stereocenters. The van der Waals surface area contributed by atoms with Crippen molar-refractivity contribution in [2.24, 2.45) is 0 Å². The smallest absolute Gasteiger partial charge is 0.0916 e. The third kappa shape index (κ3) is 4.53. The zero-order valence-electron chi connectivity index (χ0n) is 14.0. The average molecular weight is 291 g/mol. The molecule has 3 atom stereocenters. The molecule has 118 valence electrons. The Morgan fingerprint density at radius 1 is 1.14 bits per heavy atom. The van der Waals surface area contributed by atoms with Crippen molar-refractivity contribution in [3.05, 3.63) is 35.4 Å². The van der Waals surface area contributed by atoms with Gasteiger partial charge in [0.15, 0.2) is 0 Å². The summed E-state index contributed by atoms with van der Waals surface area (Å²) in [6.45, 7) is 13.2. The van der Waals surface area contributed by atoms with Crippen LogP contribution in [0.2, 0.25) is 0 Å². The van der Waals surface area contributed by atoms with E-state index in [0.29, 0.717) is 6.54 Å². The Hall–Kier alpha value is -0.900. The molecule has 1 heterocycles. The van der Waals surface area contributed by atoms with Crippen LogP contribution in [0, 0.1) is 0 Å². The van der Waals surface area contributed by atoms with E-state index in [9.17, 15) is 5.11 Å². The van der Waals surface area contributed by atoms with Gasteiger partial charge in [0.05, 0.1) is 18.3 Å². The van der Waals surface area contributed by atoms with Crippen LogP contribution in [0.3, 0.4) is 0 Å². The highest BCUT2D eigenvalue weighted by Crippen LogP contribution is 2.24. The van der Waals surface area contributed by atoms with Crippen molar-refractivity contribution >= 4 is 0 Å². The molecule has 1 aliphatic rings. The summed E-state index contributed by atoms with van der Waals surface area (Å²) >= 11 is 0. The SMILES string of the molecule is C[C@@H]1CN(CC(O)c2ccc(C(C)(C)C)cc2)C[C@H](C)O1. The van der Waals surface area contributed by atoms with Crippen LogP contribution in [0.1, 0.15) is 51.8 Å². The lowest BCUT2D eigenvalue weighted by atomic mass is 9.86. The third-order valence-corrected chi connectivity index (χ3v) is 4.09. The number of hydrogen-bond acceptors (Lipinski definition) is 3. The predicted molar refractivity (Wildman–Crippen MR) is 86.6 cm³/mol. The summed E-state index contributed by atoms with van der Waals surface area (Å²) in [4.78, 5) is 2.29. The summed E-state index contributed by atoms with van der Waals surface area (Å²) in [5.74, 6) is 0. The van der Waals surface area contributed by atoms with Gasteiger partial charge in [-0.25, -0.2) is 0 Å². The van der Waals surface area contributed by atoms with Gasteiger partial charge in [-0.15, -0.1) is 0 Å². The molecule has 3 nitrogen and oxygen atoms in total. The van der Waals surface area contributed by atoms with E-state index in [2.05, 4.69) is 63.8 Å². The molecule has 0 spiro atoms. The lowest BCUT2D eigenvalue weighted by Crippen LogP contribution is -2.46. The second-order valence-corrected chi connectivity index (χ2v) is 7.36. The maximum atomic E-state index is 10.5. The highest BCUT2D eigenvalue weighted by atomic mass is 16.5. The van der Waals surface area contributed by atoms with Gasteiger partial charge in [0.2, 0.25) is 0 Å². The number of benzene rings is 1. The van der Waals surface area contributed by atoms with E-state index in [1.54, 1.807) is 0 Å². The Morgan fingerprint density at radius 3 is 2.14 bits per heavy atom. The molecule has 0 aliphatic carbocycles. The summed E-state index contributed by atoms with van der Waals surface area (Å²) in [6.07, 6.45) is 0.0463. The summed E-state index contributed by atoms with van der Waals surface area (Å²) in [5.41, 5.74) is 2.44. The monoisotopic (exact) mass is 291 g/mol. The van der Waals surface area contributed by atoms with E-state index < -0.39 is 6.10 Å². The van der Waals surface area contributed by atoms with E-state index >= 15 is 0 Å². The van der Waals surface area contributed by atoms with Crippen molar-refractivity contribution in [3.63, 3.8) is 0 Å². The zero-order chi connectivity index (χ0) is 15.6. The zero-order valence-corrected chi connectivity index (χ0v) is 14.0. The highest BCUT2D eigenvalue weighted by Gasteiger charge is 2.24. The molecule has 0 saturated carbocycles. The molecule has 0 radical (unpaired) electrons. The van der Waals surface area contributed by atoms with Crippen LogP contribution in [-0.4, -0.2) is 41.8 Å². The van der Waals surface area contributed by atoms with Crippen molar-refractivity contribution in [2.45, 2.75) is 58.3 Å². The first kappa shape index (κ1) is 16.5. The molecule has 1 aliphatic heterocycles. The minimum atomic E-state index is -0.434. The molecule has 3 heteroatoms. The Labute approximate surface area is 128 Å². The number of hydrogen-bond donors (Lipinski definition) is 1. The van der Waals surface area contributed by atoms with Crippen molar-refractivity contribution in [1.29, 1.82) is 0 Å². The number of nitrogens with zero attached hydrogens (tertiary/aromatic N) is 1. The molecule has 1 aromatic carbocycles. The third-order valence-electron chi connectivity index (χ3n) is 4.09. The molecule has 1 N–H and O–H groups in total. The molecule has 1 fully saturated rings. The van der Waals surface area contributed by atoms with Gasteiger partial charge in [-0.3, -0.25) is 4.90 Å². The number of rotatable bonds is 3. The largest absolute Gasteiger partial charge is 0.387 e. The van der Waals surface area contributed by atoms with Gasteiger partial charge in [0.25, 0.3) is 0 Å². The van der Waals surface area contributed by atoms with Gasteiger partial charge in [-0.1, -0.05) is 45.0 Å². The fourth-order valence-corrected chi connectivity index (χ4v) is 2.99. The van der Waals surface area contributed by atoms with Crippen LogP contribution in [-0.2, 0) is 10.2 Å². The Morgan fingerprint density at radius 2 is 1.67 bits per heavy atom. The van der Waals surface area contributed by atoms with Gasteiger partial charge in [0.1, 0.15) is 0 Å². The maximum Gasteiger partial charge on any atom is 0.0916 e. The van der Waals surface area contributed by atoms with Crippen LogP contribution in [0.15, 0.2) is 24.3 Å². The molecule has 0 aromatic heterocycles. The Kier molecular flexibility index (Phi) is 5.07. The molecule has 1 saturated heterocycles. The van der Waals surface area contributed by atoms with Crippen LogP contribution in [0.5, 0.6) is 0 Å². The van der Waals surface area contributed by atoms with Gasteiger partial charge in [-0.05, 0) is 30.4 Å². The van der Waals surface area contributed by atoms with Gasteiger partial charge < -0.3 is 9.84 Å².